The van der Waals surface area contributed by atoms with Crippen molar-refractivity contribution in [3.05, 3.63) is 35.9 Å². The summed E-state index contributed by atoms with van der Waals surface area (Å²) in [7, 11) is 2.16. The van der Waals surface area contributed by atoms with Crippen LogP contribution < -0.4 is 10.6 Å². The molecule has 0 amide bonds. The molecule has 4 heteroatoms. The molecule has 4 nitrogen and oxygen atoms in total. The minimum absolute atomic E-state index is 0.472. The van der Waals surface area contributed by atoms with Gasteiger partial charge in [0.1, 0.15) is 0 Å². The molecule has 0 radical (unpaired) electrons. The van der Waals surface area contributed by atoms with E-state index in [0.29, 0.717) is 12.6 Å². The lowest BCUT2D eigenvalue weighted by molar-refractivity contribution is 0.240. The van der Waals surface area contributed by atoms with Crippen molar-refractivity contribution in [1.29, 1.82) is 0 Å². The maximum atomic E-state index is 5.26. The van der Waals surface area contributed by atoms with E-state index in [1.807, 2.05) is 13.0 Å². The Bertz CT molecular complexity index is 476. The third-order valence-electron chi connectivity index (χ3n) is 3.55. The number of nitrogens with one attached hydrogen (secondary N) is 2. The standard InChI is InChI=1S/C18H28N4/c1-5-13-20-18(19-6-2)21-14-12-16(3)22(4)15-17-10-8-7-9-11-17/h1,7-11,16H,6,12-15H2,2-4H3,(H2,19,20,21). The Hall–Kier alpha value is -1.99. The fraction of sp³-hybridized carbons (Fsp3) is 0.500. The molecule has 1 aromatic carbocycles. The van der Waals surface area contributed by atoms with Crippen molar-refractivity contribution in [3.63, 3.8) is 0 Å². The van der Waals surface area contributed by atoms with Crippen molar-refractivity contribution in [3.8, 4) is 12.3 Å². The van der Waals surface area contributed by atoms with Crippen LogP contribution in [0.4, 0.5) is 0 Å². The van der Waals surface area contributed by atoms with Crippen LogP contribution in [0.3, 0.4) is 0 Å². The number of hydrogen-bond acceptors (Lipinski definition) is 2. The second kappa shape index (κ2) is 10.7. The molecule has 0 saturated carbocycles. The summed E-state index contributed by atoms with van der Waals surface area (Å²) >= 11 is 0. The number of hydrogen-bond donors (Lipinski definition) is 2. The first-order chi connectivity index (χ1) is 10.7. The Morgan fingerprint density at radius 2 is 2.05 bits per heavy atom. The number of terminal acetylenes is 1. The van der Waals surface area contributed by atoms with E-state index in [1.54, 1.807) is 0 Å². The average Bonchev–Trinajstić information content (AvgIpc) is 2.53. The van der Waals surface area contributed by atoms with Crippen molar-refractivity contribution < 1.29 is 0 Å². The molecule has 120 valence electrons. The van der Waals surface area contributed by atoms with Gasteiger partial charge in [-0.25, -0.2) is 0 Å². The van der Waals surface area contributed by atoms with Crippen molar-refractivity contribution >= 4 is 5.96 Å². The largest absolute Gasteiger partial charge is 0.357 e. The fourth-order valence-corrected chi connectivity index (χ4v) is 2.09. The van der Waals surface area contributed by atoms with Crippen LogP contribution in [-0.4, -0.2) is 43.6 Å². The van der Waals surface area contributed by atoms with E-state index < -0.39 is 0 Å². The highest BCUT2D eigenvalue weighted by atomic mass is 15.2. The van der Waals surface area contributed by atoms with Gasteiger partial charge in [0.15, 0.2) is 5.96 Å². The van der Waals surface area contributed by atoms with Gasteiger partial charge < -0.3 is 10.6 Å². The van der Waals surface area contributed by atoms with Gasteiger partial charge in [0.05, 0.1) is 6.54 Å². The molecule has 0 fully saturated rings. The van der Waals surface area contributed by atoms with E-state index in [0.717, 1.165) is 32.0 Å². The van der Waals surface area contributed by atoms with Crippen LogP contribution in [-0.2, 0) is 6.54 Å². The van der Waals surface area contributed by atoms with Crippen LogP contribution in [0.1, 0.15) is 25.8 Å². The predicted octanol–water partition coefficient (Wildman–Crippen LogP) is 2.09. The fourth-order valence-electron chi connectivity index (χ4n) is 2.09. The van der Waals surface area contributed by atoms with Gasteiger partial charge in [-0.05, 0) is 32.9 Å². The highest BCUT2D eigenvalue weighted by Crippen LogP contribution is 2.08. The number of benzene rings is 1. The van der Waals surface area contributed by atoms with E-state index in [2.05, 4.69) is 64.7 Å². The van der Waals surface area contributed by atoms with Crippen molar-refractivity contribution in [2.45, 2.75) is 32.9 Å². The lowest BCUT2D eigenvalue weighted by atomic mass is 10.1. The molecule has 2 N–H and O–H groups in total. The third kappa shape index (κ3) is 7.14. The Morgan fingerprint density at radius 3 is 2.68 bits per heavy atom. The van der Waals surface area contributed by atoms with E-state index in [4.69, 9.17) is 6.42 Å². The molecule has 1 unspecified atom stereocenters. The van der Waals surface area contributed by atoms with Crippen molar-refractivity contribution in [1.82, 2.24) is 15.5 Å². The summed E-state index contributed by atoms with van der Waals surface area (Å²) in [5, 5.41) is 6.29. The van der Waals surface area contributed by atoms with Gasteiger partial charge in [-0.1, -0.05) is 36.3 Å². The highest BCUT2D eigenvalue weighted by molar-refractivity contribution is 5.79. The van der Waals surface area contributed by atoms with Gasteiger partial charge in [0.25, 0.3) is 0 Å². The van der Waals surface area contributed by atoms with Gasteiger partial charge in [-0.2, -0.15) is 0 Å². The summed E-state index contributed by atoms with van der Waals surface area (Å²) in [5.74, 6) is 3.35. The molecule has 1 rings (SSSR count). The quantitative estimate of drug-likeness (QED) is 0.439. The zero-order chi connectivity index (χ0) is 16.2. The monoisotopic (exact) mass is 300 g/mol. The molecular formula is C18H28N4. The lowest BCUT2D eigenvalue weighted by Gasteiger charge is -2.24. The third-order valence-corrected chi connectivity index (χ3v) is 3.55. The summed E-state index contributed by atoms with van der Waals surface area (Å²) in [6, 6.07) is 11.0. The first-order valence-corrected chi connectivity index (χ1v) is 7.87. The second-order valence-electron chi connectivity index (χ2n) is 5.36. The Balaban J connectivity index is 2.40. The Labute approximate surface area is 135 Å². The summed E-state index contributed by atoms with van der Waals surface area (Å²) in [4.78, 5) is 6.91. The molecule has 0 spiro atoms. The SMILES string of the molecule is C#CCNC(=NCCC(C)N(C)Cc1ccccc1)NCC. The zero-order valence-corrected chi connectivity index (χ0v) is 14.0. The van der Waals surface area contributed by atoms with Crippen molar-refractivity contribution in [2.24, 2.45) is 4.99 Å². The smallest absolute Gasteiger partial charge is 0.192 e. The van der Waals surface area contributed by atoms with Crippen LogP contribution in [0.25, 0.3) is 0 Å². The van der Waals surface area contributed by atoms with Crippen LogP contribution in [0.5, 0.6) is 0 Å². The van der Waals surface area contributed by atoms with Crippen LogP contribution >= 0.6 is 0 Å². The summed E-state index contributed by atoms with van der Waals surface area (Å²) in [5.41, 5.74) is 1.34. The van der Waals surface area contributed by atoms with Crippen LogP contribution in [0.15, 0.2) is 35.3 Å². The summed E-state index contributed by atoms with van der Waals surface area (Å²) in [6.07, 6.45) is 6.27. The minimum Gasteiger partial charge on any atom is -0.357 e. The lowest BCUT2D eigenvalue weighted by Crippen LogP contribution is -2.37. The molecule has 0 saturated heterocycles. The first-order valence-electron chi connectivity index (χ1n) is 7.87. The maximum Gasteiger partial charge on any atom is 0.192 e. The second-order valence-corrected chi connectivity index (χ2v) is 5.36. The first kappa shape index (κ1) is 18.1. The van der Waals surface area contributed by atoms with Gasteiger partial charge in [0.2, 0.25) is 0 Å². The predicted molar refractivity (Wildman–Crippen MR) is 94.8 cm³/mol. The maximum absolute atomic E-state index is 5.26. The van der Waals surface area contributed by atoms with E-state index in [9.17, 15) is 0 Å². The molecule has 0 aliphatic heterocycles. The topological polar surface area (TPSA) is 39.7 Å². The summed E-state index contributed by atoms with van der Waals surface area (Å²) < 4.78 is 0. The molecular weight excluding hydrogens is 272 g/mol. The zero-order valence-electron chi connectivity index (χ0n) is 14.0. The molecule has 0 bridgehead atoms. The molecule has 0 aromatic heterocycles. The van der Waals surface area contributed by atoms with E-state index >= 15 is 0 Å². The Morgan fingerprint density at radius 1 is 1.32 bits per heavy atom. The molecule has 1 aromatic rings. The average molecular weight is 300 g/mol. The minimum atomic E-state index is 0.472. The van der Waals surface area contributed by atoms with Gasteiger partial charge in [-0.3, -0.25) is 9.89 Å². The normalized spacial score (nSPS) is 12.8. The molecule has 0 heterocycles. The molecule has 0 aliphatic carbocycles. The van der Waals surface area contributed by atoms with Crippen molar-refractivity contribution in [2.75, 3.05) is 26.7 Å². The Kier molecular flexibility index (Phi) is 8.78. The van der Waals surface area contributed by atoms with E-state index in [1.165, 1.54) is 5.56 Å². The van der Waals surface area contributed by atoms with Gasteiger partial charge in [0, 0.05) is 25.7 Å². The van der Waals surface area contributed by atoms with E-state index in [-0.39, 0.29) is 0 Å². The number of aliphatic imine (C=N–C) groups is 1. The number of nitrogens with zero attached hydrogens (tertiary/aromatic N) is 2. The number of guanidine groups is 1. The van der Waals surface area contributed by atoms with Crippen LogP contribution in [0.2, 0.25) is 0 Å². The highest BCUT2D eigenvalue weighted by Gasteiger charge is 2.09. The van der Waals surface area contributed by atoms with Gasteiger partial charge in [-0.15, -0.1) is 6.42 Å². The number of rotatable bonds is 8. The van der Waals surface area contributed by atoms with Gasteiger partial charge >= 0.3 is 0 Å². The molecule has 1 atom stereocenters. The molecule has 0 aliphatic rings. The van der Waals surface area contributed by atoms with Crippen LogP contribution in [0, 0.1) is 12.3 Å². The summed E-state index contributed by atoms with van der Waals surface area (Å²) in [6.45, 7) is 7.35. The molecule has 22 heavy (non-hydrogen) atoms.